The van der Waals surface area contributed by atoms with Crippen LogP contribution in [0.25, 0.3) is 28.2 Å². The van der Waals surface area contributed by atoms with E-state index in [2.05, 4.69) is 9.97 Å². The van der Waals surface area contributed by atoms with Gasteiger partial charge in [0.25, 0.3) is 0 Å². The fourth-order valence-corrected chi connectivity index (χ4v) is 3.48. The quantitative estimate of drug-likeness (QED) is 0.487. The Balaban J connectivity index is 1.63. The van der Waals surface area contributed by atoms with E-state index in [4.69, 9.17) is 0 Å². The Morgan fingerprint density at radius 2 is 1.93 bits per heavy atom. The zero-order chi connectivity index (χ0) is 19.7. The number of nitrogens with zero attached hydrogens (tertiary/aromatic N) is 1. The third kappa shape index (κ3) is 3.86. The van der Waals surface area contributed by atoms with Gasteiger partial charge in [-0.05, 0) is 60.6 Å². The molecule has 1 aromatic heterocycles. The van der Waals surface area contributed by atoms with Crippen molar-refractivity contribution in [2.75, 3.05) is 0 Å². The smallest absolute Gasteiger partial charge is 0.338 e. The maximum absolute atomic E-state index is 13.3. The molecule has 0 saturated carbocycles. The highest BCUT2D eigenvalue weighted by atomic mass is 19.4. The number of imidazole rings is 1. The van der Waals surface area contributed by atoms with Gasteiger partial charge in [-0.15, -0.1) is 0 Å². The summed E-state index contributed by atoms with van der Waals surface area (Å²) < 4.78 is 53.0. The van der Waals surface area contributed by atoms with Crippen molar-refractivity contribution < 1.29 is 17.6 Å². The van der Waals surface area contributed by atoms with Crippen molar-refractivity contribution in [3.63, 3.8) is 0 Å². The largest absolute Gasteiger partial charge is 0.417 e. The van der Waals surface area contributed by atoms with Crippen molar-refractivity contribution in [3.05, 3.63) is 71.8 Å². The predicted octanol–water partition coefficient (Wildman–Crippen LogP) is 6.92. The predicted molar refractivity (Wildman–Crippen MR) is 102 cm³/mol. The number of allylic oxidation sites excluding steroid dienone is 3. The summed E-state index contributed by atoms with van der Waals surface area (Å²) in [5.41, 5.74) is 1.31. The van der Waals surface area contributed by atoms with Gasteiger partial charge in [0.2, 0.25) is 0 Å². The molecule has 1 N–H and O–H groups in total. The number of benzene rings is 2. The van der Waals surface area contributed by atoms with Crippen LogP contribution in [-0.4, -0.2) is 9.97 Å². The van der Waals surface area contributed by atoms with Gasteiger partial charge in [0.1, 0.15) is 5.82 Å². The number of hydrogen-bond donors (Lipinski definition) is 1. The highest BCUT2D eigenvalue weighted by molar-refractivity contribution is 5.83. The second-order valence-corrected chi connectivity index (χ2v) is 6.94. The van der Waals surface area contributed by atoms with Crippen LogP contribution in [0.4, 0.5) is 17.6 Å². The topological polar surface area (TPSA) is 28.7 Å². The molecule has 4 rings (SSSR count). The van der Waals surface area contributed by atoms with Crippen LogP contribution in [0.2, 0.25) is 0 Å². The zero-order valence-corrected chi connectivity index (χ0v) is 14.9. The summed E-state index contributed by atoms with van der Waals surface area (Å²) in [6, 6.07) is 10.6. The molecule has 0 bridgehead atoms. The number of aromatic amines is 1. The van der Waals surface area contributed by atoms with E-state index in [-0.39, 0.29) is 17.3 Å². The lowest BCUT2D eigenvalue weighted by molar-refractivity contribution is -0.137. The second kappa shape index (κ2) is 7.26. The number of aromatic nitrogens is 2. The van der Waals surface area contributed by atoms with Crippen molar-refractivity contribution in [3.8, 4) is 11.1 Å². The molecule has 0 saturated heterocycles. The zero-order valence-electron chi connectivity index (χ0n) is 14.9. The molecule has 6 heteroatoms. The Labute approximate surface area is 159 Å². The fraction of sp³-hybridized carbons (Fsp3) is 0.227. The van der Waals surface area contributed by atoms with E-state index in [9.17, 15) is 17.6 Å². The molecule has 3 aromatic rings. The van der Waals surface area contributed by atoms with Crippen molar-refractivity contribution in [1.82, 2.24) is 9.97 Å². The maximum Gasteiger partial charge on any atom is 0.417 e. The van der Waals surface area contributed by atoms with Crippen LogP contribution >= 0.6 is 0 Å². The Morgan fingerprint density at radius 3 is 2.68 bits per heavy atom. The monoisotopic (exact) mass is 386 g/mol. The van der Waals surface area contributed by atoms with Crippen LogP contribution in [-0.2, 0) is 6.18 Å². The van der Waals surface area contributed by atoms with Gasteiger partial charge in [0.05, 0.1) is 22.4 Å². The first-order valence-electron chi connectivity index (χ1n) is 9.09. The van der Waals surface area contributed by atoms with Gasteiger partial charge in [0.15, 0.2) is 0 Å². The van der Waals surface area contributed by atoms with E-state index < -0.39 is 11.7 Å². The molecule has 144 valence electrons. The lowest BCUT2D eigenvalue weighted by atomic mass is 9.93. The number of fused-ring (bicyclic) bond motifs is 1. The van der Waals surface area contributed by atoms with E-state index in [1.807, 2.05) is 12.2 Å². The summed E-state index contributed by atoms with van der Waals surface area (Å²) in [4.78, 5) is 7.61. The maximum atomic E-state index is 13.3. The van der Waals surface area contributed by atoms with E-state index in [1.54, 1.807) is 30.3 Å². The standard InChI is InChI=1S/C22H18F4N2/c23-16-9-5-14(6-10-16)7-12-21-27-19-11-8-15(13-20(19)28-21)17-3-1-2-4-18(17)22(24,25)26/h1-4,7-9,11-14H,5-6,10H2,(H,27,28). The van der Waals surface area contributed by atoms with Crippen molar-refractivity contribution in [1.29, 1.82) is 0 Å². The Bertz CT molecular complexity index is 1060. The highest BCUT2D eigenvalue weighted by Crippen LogP contribution is 2.37. The van der Waals surface area contributed by atoms with Crippen molar-refractivity contribution in [2.45, 2.75) is 25.4 Å². The molecule has 0 amide bonds. The van der Waals surface area contributed by atoms with Gasteiger partial charge < -0.3 is 4.98 Å². The molecular weight excluding hydrogens is 368 g/mol. The minimum absolute atomic E-state index is 0.0555. The van der Waals surface area contributed by atoms with Crippen molar-refractivity contribution >= 4 is 17.1 Å². The van der Waals surface area contributed by atoms with E-state index >= 15 is 0 Å². The first-order chi connectivity index (χ1) is 13.4. The number of alkyl halides is 3. The molecule has 1 aliphatic carbocycles. The van der Waals surface area contributed by atoms with E-state index in [0.29, 0.717) is 35.3 Å². The number of hydrogen-bond acceptors (Lipinski definition) is 1. The second-order valence-electron chi connectivity index (χ2n) is 6.94. The summed E-state index contributed by atoms with van der Waals surface area (Å²) in [5.74, 6) is 0.841. The molecule has 0 aliphatic heterocycles. The average molecular weight is 386 g/mol. The molecule has 0 fully saturated rings. The van der Waals surface area contributed by atoms with Crippen molar-refractivity contribution in [2.24, 2.45) is 5.92 Å². The highest BCUT2D eigenvalue weighted by Gasteiger charge is 2.33. The summed E-state index contributed by atoms with van der Waals surface area (Å²) in [5, 5.41) is 0. The van der Waals surface area contributed by atoms with Gasteiger partial charge in [-0.3, -0.25) is 0 Å². The van der Waals surface area contributed by atoms with E-state index in [1.165, 1.54) is 12.1 Å². The van der Waals surface area contributed by atoms with E-state index in [0.717, 1.165) is 12.5 Å². The minimum atomic E-state index is -4.42. The molecule has 1 atom stereocenters. The average Bonchev–Trinajstić information content (AvgIpc) is 3.09. The van der Waals surface area contributed by atoms with Crippen LogP contribution in [0, 0.1) is 5.92 Å². The summed E-state index contributed by atoms with van der Waals surface area (Å²) >= 11 is 0. The third-order valence-corrected chi connectivity index (χ3v) is 4.97. The molecule has 0 spiro atoms. The summed E-state index contributed by atoms with van der Waals surface area (Å²) in [6.07, 6.45) is 2.93. The molecule has 28 heavy (non-hydrogen) atoms. The lowest BCUT2D eigenvalue weighted by Crippen LogP contribution is -2.06. The molecule has 2 nitrogen and oxygen atoms in total. The fourth-order valence-electron chi connectivity index (χ4n) is 3.48. The third-order valence-electron chi connectivity index (χ3n) is 4.97. The molecule has 1 unspecified atom stereocenters. The van der Waals surface area contributed by atoms with Gasteiger partial charge in [-0.1, -0.05) is 36.4 Å². The molecule has 1 heterocycles. The lowest BCUT2D eigenvalue weighted by Gasteiger charge is -2.14. The summed E-state index contributed by atoms with van der Waals surface area (Å²) in [6.45, 7) is 0. The molecule has 2 aromatic carbocycles. The van der Waals surface area contributed by atoms with Crippen LogP contribution < -0.4 is 0 Å². The van der Waals surface area contributed by atoms with Crippen LogP contribution in [0.3, 0.4) is 0 Å². The van der Waals surface area contributed by atoms with Gasteiger partial charge in [0, 0.05) is 0 Å². The summed E-state index contributed by atoms with van der Waals surface area (Å²) in [7, 11) is 0. The first kappa shape index (κ1) is 18.5. The van der Waals surface area contributed by atoms with Gasteiger partial charge in [-0.2, -0.15) is 13.2 Å². The van der Waals surface area contributed by atoms with Crippen LogP contribution in [0.5, 0.6) is 0 Å². The van der Waals surface area contributed by atoms with Gasteiger partial charge >= 0.3 is 6.18 Å². The molecule has 1 aliphatic rings. The molecular formula is C22H18F4N2. The Kier molecular flexibility index (Phi) is 4.79. The van der Waals surface area contributed by atoms with Crippen LogP contribution in [0.1, 0.15) is 30.7 Å². The molecule has 0 radical (unpaired) electrons. The minimum Gasteiger partial charge on any atom is -0.338 e. The number of H-pyrrole nitrogens is 1. The normalized spacial score (nSPS) is 18.0. The number of nitrogens with one attached hydrogen (secondary N) is 1. The number of rotatable bonds is 3. The first-order valence-corrected chi connectivity index (χ1v) is 9.09. The van der Waals surface area contributed by atoms with Gasteiger partial charge in [-0.25, -0.2) is 9.37 Å². The number of halogens is 4. The Morgan fingerprint density at radius 1 is 1.11 bits per heavy atom. The van der Waals surface area contributed by atoms with Crippen LogP contribution in [0.15, 0.2) is 60.4 Å². The SMILES string of the molecule is FC1=CCC(C=Cc2nc3ccc(-c4ccccc4C(F)(F)F)cc3[nH]2)CC1. The Hall–Kier alpha value is -2.89.